The number of hydrogen-bond acceptors (Lipinski definition) is 4. The lowest BCUT2D eigenvalue weighted by Crippen LogP contribution is -2.57. The fraction of sp³-hybridized carbons (Fsp3) is 0.312. The first-order chi connectivity index (χ1) is 11.5. The summed E-state index contributed by atoms with van der Waals surface area (Å²) in [4.78, 5) is 14.7. The minimum Gasteiger partial charge on any atom is -0.358 e. The molecule has 1 aromatic carbocycles. The van der Waals surface area contributed by atoms with E-state index in [-0.39, 0.29) is 17.5 Å². The van der Waals surface area contributed by atoms with Crippen LogP contribution in [0.2, 0.25) is 0 Å². The van der Waals surface area contributed by atoms with Crippen LogP contribution >= 0.6 is 0 Å². The maximum absolute atomic E-state index is 12.9. The lowest BCUT2D eigenvalue weighted by Gasteiger charge is -2.31. The van der Waals surface area contributed by atoms with Crippen molar-refractivity contribution in [3.8, 4) is 12.3 Å². The van der Waals surface area contributed by atoms with Crippen molar-refractivity contribution in [3.05, 3.63) is 29.8 Å². The Labute approximate surface area is 140 Å². The Bertz CT molecular complexity index is 926. The molecule has 1 aliphatic heterocycles. The van der Waals surface area contributed by atoms with E-state index in [0.717, 1.165) is 5.39 Å². The monoisotopic (exact) mass is 346 g/mol. The Morgan fingerprint density at radius 1 is 1.42 bits per heavy atom. The minimum atomic E-state index is -3.71. The van der Waals surface area contributed by atoms with Gasteiger partial charge in [0.25, 0.3) is 10.0 Å². The summed E-state index contributed by atoms with van der Waals surface area (Å²) in [5.74, 6) is 2.30. The van der Waals surface area contributed by atoms with Crippen molar-refractivity contribution in [1.29, 1.82) is 0 Å². The van der Waals surface area contributed by atoms with E-state index in [9.17, 15) is 13.2 Å². The molecular formula is C16H18N4O3S. The van der Waals surface area contributed by atoms with Crippen LogP contribution in [0.4, 0.5) is 0 Å². The number of rotatable bonds is 3. The number of terminal acetylenes is 1. The summed E-state index contributed by atoms with van der Waals surface area (Å²) in [6, 6.07) is 6.28. The number of piperazine rings is 1. The summed E-state index contributed by atoms with van der Waals surface area (Å²) < 4.78 is 27.0. The average molecular weight is 346 g/mol. The number of likely N-dealkylation sites (N-methyl/N-ethyl adjacent to an activating group) is 1. The van der Waals surface area contributed by atoms with Gasteiger partial charge in [-0.05, 0) is 24.3 Å². The number of nitrogens with one attached hydrogen (secondary N) is 3. The van der Waals surface area contributed by atoms with E-state index in [4.69, 9.17) is 6.42 Å². The molecule has 0 saturated carbocycles. The van der Waals surface area contributed by atoms with Gasteiger partial charge in [-0.15, -0.1) is 6.42 Å². The highest BCUT2D eigenvalue weighted by atomic mass is 32.2. The number of fused-ring (bicyclic) bond motifs is 1. The van der Waals surface area contributed by atoms with E-state index in [0.29, 0.717) is 24.2 Å². The Hall–Kier alpha value is -2.34. The maximum atomic E-state index is 12.9. The highest BCUT2D eigenvalue weighted by Crippen LogP contribution is 2.23. The predicted molar refractivity (Wildman–Crippen MR) is 90.8 cm³/mol. The number of carbonyl (C=O) groups is 1. The summed E-state index contributed by atoms with van der Waals surface area (Å²) in [6.07, 6.45) is 5.38. The molecule has 1 fully saturated rings. The smallest absolute Gasteiger partial charge is 0.258 e. The van der Waals surface area contributed by atoms with E-state index in [2.05, 4.69) is 21.5 Å². The normalized spacial score (nSPS) is 19.1. The van der Waals surface area contributed by atoms with Gasteiger partial charge in [0.2, 0.25) is 5.91 Å². The molecule has 3 rings (SSSR count). The Morgan fingerprint density at radius 2 is 2.21 bits per heavy atom. The number of aromatic amines is 1. The number of carbonyl (C=O) groups excluding carboxylic acids is 1. The second-order valence-corrected chi connectivity index (χ2v) is 7.47. The van der Waals surface area contributed by atoms with E-state index in [1.165, 1.54) is 11.4 Å². The number of aromatic nitrogens is 1. The van der Waals surface area contributed by atoms with Crippen LogP contribution in [0, 0.1) is 12.3 Å². The van der Waals surface area contributed by atoms with Crippen LogP contribution in [-0.2, 0) is 14.8 Å². The highest BCUT2D eigenvalue weighted by Gasteiger charge is 2.33. The topological polar surface area (TPSA) is 94.3 Å². The largest absolute Gasteiger partial charge is 0.358 e. The maximum Gasteiger partial charge on any atom is 0.258 e. The number of nitrogens with zero attached hydrogens (tertiary/aromatic N) is 1. The van der Waals surface area contributed by atoms with Gasteiger partial charge < -0.3 is 15.6 Å². The van der Waals surface area contributed by atoms with Gasteiger partial charge >= 0.3 is 0 Å². The average Bonchev–Trinajstić information content (AvgIpc) is 3.05. The summed E-state index contributed by atoms with van der Waals surface area (Å²) >= 11 is 0. The Kier molecular flexibility index (Phi) is 4.32. The van der Waals surface area contributed by atoms with Crippen molar-refractivity contribution in [2.24, 2.45) is 0 Å². The van der Waals surface area contributed by atoms with E-state index in [1.807, 2.05) is 0 Å². The van der Waals surface area contributed by atoms with Crippen molar-refractivity contribution in [3.63, 3.8) is 0 Å². The summed E-state index contributed by atoms with van der Waals surface area (Å²) in [6.45, 7) is 0.812. The lowest BCUT2D eigenvalue weighted by atomic mass is 10.2. The third-order valence-electron chi connectivity index (χ3n) is 4.08. The van der Waals surface area contributed by atoms with Gasteiger partial charge in [0.15, 0.2) is 0 Å². The molecule has 126 valence electrons. The van der Waals surface area contributed by atoms with E-state index in [1.54, 1.807) is 24.3 Å². The van der Waals surface area contributed by atoms with Crippen LogP contribution in [0.3, 0.4) is 0 Å². The molecule has 1 aliphatic rings. The van der Waals surface area contributed by atoms with Crippen molar-refractivity contribution in [2.75, 3.05) is 26.7 Å². The number of H-pyrrole nitrogens is 1. The number of amides is 1. The minimum absolute atomic E-state index is 0.0903. The lowest BCUT2D eigenvalue weighted by molar-refractivity contribution is -0.123. The molecule has 24 heavy (non-hydrogen) atoms. The van der Waals surface area contributed by atoms with Gasteiger partial charge in [0, 0.05) is 43.1 Å². The van der Waals surface area contributed by atoms with E-state index >= 15 is 0 Å². The zero-order valence-corrected chi connectivity index (χ0v) is 14.0. The van der Waals surface area contributed by atoms with Crippen LogP contribution in [0.25, 0.3) is 10.9 Å². The Balaban J connectivity index is 1.92. The molecule has 1 aromatic heterocycles. The molecule has 8 heteroatoms. The predicted octanol–water partition coefficient (Wildman–Crippen LogP) is -0.142. The van der Waals surface area contributed by atoms with Crippen LogP contribution in [0.5, 0.6) is 0 Å². The molecule has 7 nitrogen and oxygen atoms in total. The molecule has 1 unspecified atom stereocenters. The van der Waals surface area contributed by atoms with Crippen molar-refractivity contribution < 1.29 is 13.2 Å². The summed E-state index contributed by atoms with van der Waals surface area (Å²) in [5, 5.41) is 6.38. The summed E-state index contributed by atoms with van der Waals surface area (Å²) in [7, 11) is -2.19. The molecule has 0 bridgehead atoms. The molecule has 3 N–H and O–H groups in total. The number of hydrogen-bond donors (Lipinski definition) is 3. The van der Waals surface area contributed by atoms with Gasteiger partial charge in [-0.1, -0.05) is 5.92 Å². The third kappa shape index (κ3) is 2.89. The van der Waals surface area contributed by atoms with Crippen molar-refractivity contribution in [2.45, 2.75) is 11.1 Å². The van der Waals surface area contributed by atoms with Gasteiger partial charge in [-0.3, -0.25) is 4.79 Å². The molecular weight excluding hydrogens is 328 g/mol. The Morgan fingerprint density at radius 3 is 2.92 bits per heavy atom. The van der Waals surface area contributed by atoms with Gasteiger partial charge in [0.05, 0.1) is 0 Å². The first-order valence-corrected chi connectivity index (χ1v) is 8.94. The van der Waals surface area contributed by atoms with Crippen molar-refractivity contribution in [1.82, 2.24) is 19.9 Å². The van der Waals surface area contributed by atoms with E-state index < -0.39 is 16.1 Å². The molecule has 1 saturated heterocycles. The number of sulfonamides is 1. The zero-order chi connectivity index (χ0) is 17.3. The SMILES string of the molecule is C#Cc1ccc2[nH]c(S(=O)(=O)N3CCNC(C(=O)NC)C3)cc2c1. The van der Waals surface area contributed by atoms with Gasteiger partial charge in [-0.2, -0.15) is 4.31 Å². The zero-order valence-electron chi connectivity index (χ0n) is 13.2. The fourth-order valence-electron chi connectivity index (χ4n) is 2.76. The second-order valence-electron chi connectivity index (χ2n) is 5.56. The van der Waals surface area contributed by atoms with Gasteiger partial charge in [-0.25, -0.2) is 8.42 Å². The molecule has 2 aromatic rings. The first-order valence-electron chi connectivity index (χ1n) is 7.50. The number of benzene rings is 1. The van der Waals surface area contributed by atoms with Crippen LogP contribution < -0.4 is 10.6 Å². The molecule has 0 radical (unpaired) electrons. The second kappa shape index (κ2) is 6.28. The fourth-order valence-corrected chi connectivity index (χ4v) is 4.23. The molecule has 0 spiro atoms. The molecule has 1 amide bonds. The van der Waals surface area contributed by atoms with Crippen LogP contribution in [0.1, 0.15) is 5.56 Å². The van der Waals surface area contributed by atoms with Crippen molar-refractivity contribution >= 4 is 26.8 Å². The van der Waals surface area contributed by atoms with Gasteiger partial charge in [0.1, 0.15) is 11.1 Å². The van der Waals surface area contributed by atoms with Crippen LogP contribution in [0.15, 0.2) is 29.3 Å². The molecule has 0 aliphatic carbocycles. The quantitative estimate of drug-likeness (QED) is 0.674. The third-order valence-corrected chi connectivity index (χ3v) is 5.87. The highest BCUT2D eigenvalue weighted by molar-refractivity contribution is 7.89. The summed E-state index contributed by atoms with van der Waals surface area (Å²) in [5.41, 5.74) is 1.39. The molecule has 1 atom stereocenters. The first kappa shape index (κ1) is 16.5. The molecule has 2 heterocycles. The van der Waals surface area contributed by atoms with Crippen LogP contribution in [-0.4, -0.2) is 56.3 Å². The standard InChI is InChI=1S/C16H18N4O3S/c1-3-11-4-5-13-12(8-11)9-15(19-13)24(22,23)20-7-6-18-14(10-20)16(21)17-2/h1,4-5,8-9,14,18-19H,6-7,10H2,2H3,(H,17,21).